The maximum Gasteiger partial charge on any atom is 0.247 e. The lowest BCUT2D eigenvalue weighted by atomic mass is 10.1. The molecule has 2 amide bonds. The lowest BCUT2D eigenvalue weighted by Crippen LogP contribution is -2.54. The first-order valence-electron chi connectivity index (χ1n) is 12.7. The van der Waals surface area contributed by atoms with Gasteiger partial charge < -0.3 is 24.4 Å². The summed E-state index contributed by atoms with van der Waals surface area (Å²) >= 11 is 0. The van der Waals surface area contributed by atoms with Gasteiger partial charge in [0.1, 0.15) is 12.6 Å². The fourth-order valence-electron chi connectivity index (χ4n) is 4.94. The van der Waals surface area contributed by atoms with Gasteiger partial charge in [0.05, 0.1) is 20.3 Å². The Balaban J connectivity index is 1.49. The van der Waals surface area contributed by atoms with E-state index in [1.807, 2.05) is 6.92 Å². The third kappa shape index (κ3) is 6.13. The second-order valence-corrected chi connectivity index (χ2v) is 9.31. The van der Waals surface area contributed by atoms with Gasteiger partial charge in [-0.05, 0) is 55.5 Å². The predicted molar refractivity (Wildman–Crippen MR) is 132 cm³/mol. The van der Waals surface area contributed by atoms with E-state index in [1.54, 1.807) is 37.3 Å². The molecule has 11 nitrogen and oxygen atoms in total. The molecule has 1 aromatic heterocycles. The fraction of sp³-hybridized carbons (Fsp3) is 0.640. The topological polar surface area (TPSA) is 121 Å². The van der Waals surface area contributed by atoms with Crippen molar-refractivity contribution in [1.82, 2.24) is 30.4 Å². The lowest BCUT2D eigenvalue weighted by Gasteiger charge is -2.32. The van der Waals surface area contributed by atoms with E-state index in [9.17, 15) is 9.59 Å². The second-order valence-electron chi connectivity index (χ2n) is 9.31. The van der Waals surface area contributed by atoms with Crippen LogP contribution in [0.3, 0.4) is 0 Å². The van der Waals surface area contributed by atoms with E-state index in [0.29, 0.717) is 42.5 Å². The number of amides is 2. The largest absolute Gasteiger partial charge is 0.493 e. The minimum atomic E-state index is -0.573. The standard InChI is InChI=1S/C25H36N6O5/c1-4-20(25(33)26-18-8-5-6-9-18)30(15-19-10-7-13-36-19)23(32)16-31-28-24(27-29-31)17-11-12-21(34-2)22(14-17)35-3/h11-12,14,18-20H,4-10,13,15-16H2,1-3H3,(H,26,33)/t19-,20+/m1/s1. The van der Waals surface area contributed by atoms with Crippen LogP contribution in [0.25, 0.3) is 11.4 Å². The number of hydrogen-bond acceptors (Lipinski definition) is 8. The number of benzene rings is 1. The van der Waals surface area contributed by atoms with Crippen LogP contribution in [0.15, 0.2) is 18.2 Å². The summed E-state index contributed by atoms with van der Waals surface area (Å²) < 4.78 is 16.4. The molecular formula is C25H36N6O5. The molecule has 0 unspecified atom stereocenters. The molecule has 0 bridgehead atoms. The van der Waals surface area contributed by atoms with Crippen LogP contribution < -0.4 is 14.8 Å². The Bertz CT molecular complexity index is 1030. The van der Waals surface area contributed by atoms with Crippen LogP contribution in [0.2, 0.25) is 0 Å². The molecule has 1 aromatic carbocycles. The highest BCUT2D eigenvalue weighted by atomic mass is 16.5. The number of tetrazole rings is 1. The second kappa shape index (κ2) is 12.2. The van der Waals surface area contributed by atoms with Crippen molar-refractivity contribution in [3.63, 3.8) is 0 Å². The van der Waals surface area contributed by atoms with Crippen molar-refractivity contribution in [3.8, 4) is 22.9 Å². The van der Waals surface area contributed by atoms with Crippen LogP contribution in [-0.2, 0) is 20.9 Å². The molecule has 2 aliphatic rings. The molecule has 1 aliphatic heterocycles. The van der Waals surface area contributed by atoms with Crippen LogP contribution in [0, 0.1) is 0 Å². The first-order valence-corrected chi connectivity index (χ1v) is 12.7. The first-order chi connectivity index (χ1) is 17.5. The zero-order chi connectivity index (χ0) is 25.5. The third-order valence-corrected chi connectivity index (χ3v) is 6.88. The molecule has 2 heterocycles. The average molecular weight is 501 g/mol. The van der Waals surface area contributed by atoms with Gasteiger partial charge in [-0.3, -0.25) is 9.59 Å². The highest BCUT2D eigenvalue weighted by Gasteiger charge is 2.33. The Hall–Kier alpha value is -3.21. The number of ether oxygens (including phenoxy) is 3. The van der Waals surface area contributed by atoms with Gasteiger partial charge in [0.2, 0.25) is 17.6 Å². The maximum atomic E-state index is 13.5. The third-order valence-electron chi connectivity index (χ3n) is 6.88. The van der Waals surface area contributed by atoms with E-state index in [-0.39, 0.29) is 30.5 Å². The molecule has 2 fully saturated rings. The van der Waals surface area contributed by atoms with Crippen LogP contribution in [0.5, 0.6) is 11.5 Å². The number of hydrogen-bond donors (Lipinski definition) is 1. The van der Waals surface area contributed by atoms with Gasteiger partial charge in [-0.15, -0.1) is 10.2 Å². The van der Waals surface area contributed by atoms with Crippen molar-refractivity contribution in [2.75, 3.05) is 27.4 Å². The molecule has 4 rings (SSSR count). The molecule has 0 radical (unpaired) electrons. The molecule has 1 saturated carbocycles. The van der Waals surface area contributed by atoms with Gasteiger partial charge in [-0.1, -0.05) is 19.8 Å². The number of methoxy groups -OCH3 is 2. The van der Waals surface area contributed by atoms with Crippen molar-refractivity contribution < 1.29 is 23.8 Å². The zero-order valence-electron chi connectivity index (χ0n) is 21.3. The first kappa shape index (κ1) is 25.9. The Morgan fingerprint density at radius 3 is 2.61 bits per heavy atom. The van der Waals surface area contributed by atoms with Crippen molar-refractivity contribution in [1.29, 1.82) is 0 Å². The van der Waals surface area contributed by atoms with Crippen LogP contribution in [-0.4, -0.2) is 82.5 Å². The highest BCUT2D eigenvalue weighted by Crippen LogP contribution is 2.30. The molecule has 2 atom stereocenters. The summed E-state index contributed by atoms with van der Waals surface area (Å²) in [5.41, 5.74) is 0.685. The van der Waals surface area contributed by atoms with E-state index in [1.165, 1.54) is 4.80 Å². The smallest absolute Gasteiger partial charge is 0.247 e. The van der Waals surface area contributed by atoms with Gasteiger partial charge in [-0.2, -0.15) is 4.80 Å². The summed E-state index contributed by atoms with van der Waals surface area (Å²) in [6, 6.07) is 4.93. The summed E-state index contributed by atoms with van der Waals surface area (Å²) in [5.74, 6) is 1.16. The quantitative estimate of drug-likeness (QED) is 0.499. The van der Waals surface area contributed by atoms with Crippen molar-refractivity contribution >= 4 is 11.8 Å². The number of carbonyl (C=O) groups excluding carboxylic acids is 2. The van der Waals surface area contributed by atoms with Crippen molar-refractivity contribution in [2.45, 2.75) is 76.6 Å². The van der Waals surface area contributed by atoms with Crippen molar-refractivity contribution in [3.05, 3.63) is 18.2 Å². The molecule has 1 N–H and O–H groups in total. The van der Waals surface area contributed by atoms with Gasteiger partial charge >= 0.3 is 0 Å². The van der Waals surface area contributed by atoms with E-state index < -0.39 is 6.04 Å². The molecule has 0 spiro atoms. The SMILES string of the molecule is CC[C@@H](C(=O)NC1CCCC1)N(C[C@H]1CCCO1)C(=O)Cn1nnc(-c2ccc(OC)c(OC)c2)n1. The summed E-state index contributed by atoms with van der Waals surface area (Å²) in [4.78, 5) is 29.6. The van der Waals surface area contributed by atoms with E-state index in [0.717, 1.165) is 38.5 Å². The molecule has 36 heavy (non-hydrogen) atoms. The summed E-state index contributed by atoms with van der Waals surface area (Å²) in [6.07, 6.45) is 6.49. The molecule has 2 aromatic rings. The molecule has 196 valence electrons. The Kier molecular flexibility index (Phi) is 8.74. The highest BCUT2D eigenvalue weighted by molar-refractivity contribution is 5.87. The van der Waals surface area contributed by atoms with Gasteiger partial charge in [0.25, 0.3) is 0 Å². The van der Waals surface area contributed by atoms with Gasteiger partial charge in [0, 0.05) is 24.8 Å². The summed E-state index contributed by atoms with van der Waals surface area (Å²) in [7, 11) is 3.12. The maximum absolute atomic E-state index is 13.5. The molecular weight excluding hydrogens is 464 g/mol. The average Bonchev–Trinajstić information content (AvgIpc) is 3.67. The van der Waals surface area contributed by atoms with E-state index >= 15 is 0 Å². The monoisotopic (exact) mass is 500 g/mol. The number of nitrogens with one attached hydrogen (secondary N) is 1. The van der Waals surface area contributed by atoms with E-state index in [2.05, 4.69) is 20.7 Å². The molecule has 11 heteroatoms. The normalized spacial score (nSPS) is 18.7. The van der Waals surface area contributed by atoms with E-state index in [4.69, 9.17) is 14.2 Å². The number of nitrogens with zero attached hydrogens (tertiary/aromatic N) is 5. The zero-order valence-corrected chi connectivity index (χ0v) is 21.3. The van der Waals surface area contributed by atoms with Crippen molar-refractivity contribution in [2.24, 2.45) is 0 Å². The Labute approximate surface area is 211 Å². The number of carbonyl (C=O) groups is 2. The molecule has 1 saturated heterocycles. The Morgan fingerprint density at radius 1 is 1.17 bits per heavy atom. The minimum Gasteiger partial charge on any atom is -0.493 e. The van der Waals surface area contributed by atoms with Crippen LogP contribution >= 0.6 is 0 Å². The Morgan fingerprint density at radius 2 is 1.94 bits per heavy atom. The minimum absolute atomic E-state index is 0.0756. The van der Waals surface area contributed by atoms with Gasteiger partial charge in [-0.25, -0.2) is 0 Å². The van der Waals surface area contributed by atoms with Gasteiger partial charge in [0.15, 0.2) is 11.5 Å². The number of aromatic nitrogens is 4. The predicted octanol–water partition coefficient (Wildman–Crippen LogP) is 2.20. The number of rotatable bonds is 11. The lowest BCUT2D eigenvalue weighted by molar-refractivity contribution is -0.143. The van der Waals surface area contributed by atoms with Crippen LogP contribution in [0.4, 0.5) is 0 Å². The summed E-state index contributed by atoms with van der Waals surface area (Å²) in [5, 5.41) is 15.7. The van der Waals surface area contributed by atoms with Crippen LogP contribution in [0.1, 0.15) is 51.9 Å². The molecule has 1 aliphatic carbocycles. The summed E-state index contributed by atoms with van der Waals surface area (Å²) in [6.45, 7) is 2.85. The fourth-order valence-corrected chi connectivity index (χ4v) is 4.94.